The monoisotopic (exact) mass is 412 g/mol. The molecule has 0 spiro atoms. The molecular weight excluding hydrogens is 396 g/mol. The van der Waals surface area contributed by atoms with E-state index in [1.807, 2.05) is 60.7 Å². The summed E-state index contributed by atoms with van der Waals surface area (Å²) in [4.78, 5) is 41.4. The van der Waals surface area contributed by atoms with Gasteiger partial charge in [-0.25, -0.2) is 24.3 Å². The normalized spacial score (nSPS) is 6.35. The average Bonchev–Trinajstić information content (AvgIpc) is 3.29. The third-order valence-corrected chi connectivity index (χ3v) is 1.71. The minimum atomic E-state index is -0.222. The van der Waals surface area contributed by atoms with Crippen molar-refractivity contribution in [3.63, 3.8) is 0 Å². The fourth-order valence-electron chi connectivity index (χ4n) is 0.671. The second kappa shape index (κ2) is 32.3. The Morgan fingerprint density at radius 2 is 0.870 bits per heavy atom. The summed E-state index contributed by atoms with van der Waals surface area (Å²) in [5, 5.41) is 0. The minimum Gasteiger partial charge on any atom is -0.214 e. The largest absolute Gasteiger partial charge is 0.214 e. The first kappa shape index (κ1) is 26.2. The second-order valence-electron chi connectivity index (χ2n) is 2.89. The molecule has 0 atom stereocenters. The molecule has 0 aliphatic heterocycles. The molecule has 0 aliphatic rings. The van der Waals surface area contributed by atoms with Crippen LogP contribution in [0.25, 0.3) is 0 Å². The smallest absolute Gasteiger partial charge is 0.172 e. The summed E-state index contributed by atoms with van der Waals surface area (Å²) in [5.74, 6) is 0. The summed E-state index contributed by atoms with van der Waals surface area (Å²) in [6.45, 7) is 4.31. The van der Waals surface area contributed by atoms with Gasteiger partial charge in [0.2, 0.25) is 0 Å². The Morgan fingerprint density at radius 3 is 0.913 bits per heavy atom. The van der Waals surface area contributed by atoms with Gasteiger partial charge in [0.05, 0.1) is 0 Å². The van der Waals surface area contributed by atoms with Crippen LogP contribution in [0.1, 0.15) is 0 Å². The fraction of sp³-hybridized carbons (Fsp3) is 0.125. The Balaban J connectivity index is -0.000000220. The molecule has 126 valence electrons. The molecule has 0 heterocycles. The van der Waals surface area contributed by atoms with Gasteiger partial charge in [-0.1, -0.05) is 13.1 Å². The molecule has 23 heavy (non-hydrogen) atoms. The Labute approximate surface area is 149 Å². The van der Waals surface area contributed by atoms with Gasteiger partial charge < -0.3 is 0 Å². The molecular formula is C16H16Fe2O4Si-2. The van der Waals surface area contributed by atoms with Crippen molar-refractivity contribution in [1.29, 1.82) is 0 Å². The maximum absolute atomic E-state index is 9.02. The van der Waals surface area contributed by atoms with Gasteiger partial charge in [0.25, 0.3) is 0 Å². The number of hydrogen-bond acceptors (Lipinski definition) is 4. The zero-order valence-electron chi connectivity index (χ0n) is 12.6. The molecule has 0 saturated heterocycles. The van der Waals surface area contributed by atoms with Crippen LogP contribution in [0.2, 0.25) is 13.1 Å². The number of hydrogen-bond donors (Lipinski definition) is 0. The van der Waals surface area contributed by atoms with Crippen LogP contribution in [-0.4, -0.2) is 28.7 Å². The topological polar surface area (TPSA) is 68.3 Å². The van der Waals surface area contributed by atoms with E-state index in [0.717, 1.165) is 9.52 Å². The zero-order chi connectivity index (χ0) is 18.0. The van der Waals surface area contributed by atoms with Gasteiger partial charge in [-0.05, 0) is 0 Å². The zero-order valence-corrected chi connectivity index (χ0v) is 15.8. The Hall–Kier alpha value is -1.72. The Kier molecular flexibility index (Phi) is 36.8. The molecule has 0 unspecified atom stereocenters. The van der Waals surface area contributed by atoms with E-state index < -0.39 is 0 Å². The van der Waals surface area contributed by atoms with E-state index in [4.69, 9.17) is 19.2 Å². The van der Waals surface area contributed by atoms with E-state index in [1.165, 1.54) is 19.1 Å². The van der Waals surface area contributed by atoms with Crippen LogP contribution < -0.4 is 0 Å². The summed E-state index contributed by atoms with van der Waals surface area (Å²) in [7, 11) is 1.08. The standard InChI is InChI=1S/2C5H5.C2H6Si.4CO.2Fe/c2*1-2-4-5-3-1;1-3-2;4*1-2;;/h2*1-5H;1-2H3;;;;;;/q2*-1;;;;;;;. The van der Waals surface area contributed by atoms with Crippen molar-refractivity contribution in [3.05, 3.63) is 60.7 Å². The summed E-state index contributed by atoms with van der Waals surface area (Å²) >= 11 is -0.444. The van der Waals surface area contributed by atoms with Crippen molar-refractivity contribution >= 4 is 28.7 Å². The van der Waals surface area contributed by atoms with Gasteiger partial charge in [0.1, 0.15) is 0 Å². The van der Waals surface area contributed by atoms with Gasteiger partial charge >= 0.3 is 66.5 Å². The molecule has 2 aromatic rings. The van der Waals surface area contributed by atoms with Gasteiger partial charge in [-0.15, -0.1) is 0 Å². The summed E-state index contributed by atoms with van der Waals surface area (Å²) in [5.41, 5.74) is 0. The molecule has 0 N–H and O–H groups in total. The third kappa shape index (κ3) is 44.9. The first-order valence-electron chi connectivity index (χ1n) is 5.86. The van der Waals surface area contributed by atoms with E-state index in [0.29, 0.717) is 0 Å². The first-order chi connectivity index (χ1) is 11.2. The molecule has 0 aliphatic carbocycles. The maximum Gasteiger partial charge on any atom is -0.172 e. The van der Waals surface area contributed by atoms with Gasteiger partial charge in [0, 0.05) is 9.52 Å². The summed E-state index contributed by atoms with van der Waals surface area (Å²) in [6.07, 6.45) is 0. The molecule has 0 bridgehead atoms. The molecule has 0 amide bonds. The summed E-state index contributed by atoms with van der Waals surface area (Å²) < 4.78 is 0. The van der Waals surface area contributed by atoms with Crippen LogP contribution in [0, 0.1) is 0 Å². The molecule has 2 rings (SSSR count). The van der Waals surface area contributed by atoms with Gasteiger partial charge in [-0.3, -0.25) is 0 Å². The number of carbonyl (C=O) groups excluding carboxylic acids is 4. The predicted octanol–water partition coefficient (Wildman–Crippen LogP) is 2.00. The third-order valence-electron chi connectivity index (χ3n) is 1.26. The van der Waals surface area contributed by atoms with Gasteiger partial charge in [0.15, 0.2) is 0 Å². The maximum atomic E-state index is 9.02. The van der Waals surface area contributed by atoms with Crippen LogP contribution in [0.4, 0.5) is 0 Å². The second-order valence-corrected chi connectivity index (χ2v) is 5.34. The number of rotatable bonds is 0. The summed E-state index contributed by atoms with van der Waals surface area (Å²) in [6, 6.07) is 20.0. The van der Waals surface area contributed by atoms with Crippen LogP contribution in [-0.2, 0) is 47.3 Å². The van der Waals surface area contributed by atoms with E-state index in [2.05, 4.69) is 13.1 Å². The quantitative estimate of drug-likeness (QED) is 0.491. The van der Waals surface area contributed by atoms with E-state index in [9.17, 15) is 0 Å². The van der Waals surface area contributed by atoms with Crippen molar-refractivity contribution in [3.8, 4) is 0 Å². The van der Waals surface area contributed by atoms with Crippen molar-refractivity contribution in [2.24, 2.45) is 0 Å². The molecule has 2 radical (unpaired) electrons. The van der Waals surface area contributed by atoms with E-state index >= 15 is 0 Å². The molecule has 0 saturated carbocycles. The van der Waals surface area contributed by atoms with E-state index in [-0.39, 0.29) is 28.2 Å². The van der Waals surface area contributed by atoms with Crippen LogP contribution >= 0.6 is 0 Å². The molecule has 7 heteroatoms. The minimum absolute atomic E-state index is 0.222. The average molecular weight is 412 g/mol. The molecule has 0 fully saturated rings. The first-order valence-corrected chi connectivity index (χ1v) is 10.1. The van der Waals surface area contributed by atoms with Crippen molar-refractivity contribution in [2.75, 3.05) is 0 Å². The predicted molar refractivity (Wildman–Crippen MR) is 84.3 cm³/mol. The molecule has 0 aromatic heterocycles. The van der Waals surface area contributed by atoms with Crippen molar-refractivity contribution in [2.45, 2.75) is 13.1 Å². The molecule has 2 aromatic carbocycles. The fourth-order valence-corrected chi connectivity index (χ4v) is 0.763. The Morgan fingerprint density at radius 1 is 0.652 bits per heavy atom. The van der Waals surface area contributed by atoms with Crippen molar-refractivity contribution in [1.82, 2.24) is 0 Å². The van der Waals surface area contributed by atoms with Gasteiger partial charge in [-0.2, -0.15) is 36.4 Å². The van der Waals surface area contributed by atoms with Crippen LogP contribution in [0.5, 0.6) is 0 Å². The van der Waals surface area contributed by atoms with Crippen LogP contribution in [0.3, 0.4) is 0 Å². The van der Waals surface area contributed by atoms with Crippen molar-refractivity contribution < 1.29 is 47.3 Å². The van der Waals surface area contributed by atoms with E-state index in [1.54, 1.807) is 0 Å². The SMILES string of the molecule is C[Si]C.O=[C]=[Fe]=[C]=O.O=[C]=[Fe]=[C]=O.c1cc[cH-]c1.c1cc[cH-]c1. The molecule has 4 nitrogen and oxygen atoms in total. The Bertz CT molecular complexity index is 516. The van der Waals surface area contributed by atoms with Crippen LogP contribution in [0.15, 0.2) is 60.7 Å².